The number of rotatable bonds is 6. The van der Waals surface area contributed by atoms with Crippen LogP contribution in [0.15, 0.2) is 28.4 Å². The van der Waals surface area contributed by atoms with Crippen molar-refractivity contribution in [1.29, 1.82) is 0 Å². The first-order chi connectivity index (χ1) is 13.0. The molecule has 0 atom stereocenters. The van der Waals surface area contributed by atoms with E-state index in [0.29, 0.717) is 43.3 Å². The number of hydrogen-bond donors (Lipinski definition) is 2. The number of hydrogen-bond acceptors (Lipinski definition) is 7. The van der Waals surface area contributed by atoms with Crippen LogP contribution >= 0.6 is 27.3 Å². The number of carboxylic acid groups (broad SMARTS) is 1. The first-order valence-corrected chi connectivity index (χ1v) is 9.94. The van der Waals surface area contributed by atoms with E-state index < -0.39 is 6.09 Å². The molecular weight excluding hydrogens is 436 g/mol. The highest BCUT2D eigenvalue weighted by Crippen LogP contribution is 2.25. The molecule has 0 radical (unpaired) electrons. The van der Waals surface area contributed by atoms with Gasteiger partial charge in [0.05, 0.1) is 9.35 Å². The molecule has 0 unspecified atom stereocenters. The van der Waals surface area contributed by atoms with Crippen LogP contribution in [-0.4, -0.2) is 45.3 Å². The third-order valence-corrected chi connectivity index (χ3v) is 5.64. The van der Waals surface area contributed by atoms with Gasteiger partial charge in [0.2, 0.25) is 5.88 Å². The quantitative estimate of drug-likeness (QED) is 0.642. The fourth-order valence-corrected chi connectivity index (χ4v) is 3.91. The Morgan fingerprint density at radius 3 is 2.78 bits per heavy atom. The van der Waals surface area contributed by atoms with Crippen molar-refractivity contribution < 1.29 is 19.5 Å². The van der Waals surface area contributed by atoms with E-state index in [-0.39, 0.29) is 6.10 Å². The summed E-state index contributed by atoms with van der Waals surface area (Å²) >= 11 is 5.03. The molecule has 8 nitrogen and oxygen atoms in total. The van der Waals surface area contributed by atoms with Gasteiger partial charge in [-0.25, -0.2) is 15.3 Å². The molecule has 0 bridgehead atoms. The predicted molar refractivity (Wildman–Crippen MR) is 105 cm³/mol. The molecule has 10 heteroatoms. The molecule has 0 spiro atoms. The van der Waals surface area contributed by atoms with Gasteiger partial charge in [-0.15, -0.1) is 11.3 Å². The Bertz CT molecular complexity index is 821. The monoisotopic (exact) mass is 454 g/mol. The summed E-state index contributed by atoms with van der Waals surface area (Å²) in [5.74, 6) is 0.821. The van der Waals surface area contributed by atoms with Gasteiger partial charge in [-0.3, -0.25) is 0 Å². The van der Waals surface area contributed by atoms with E-state index in [0.717, 1.165) is 8.66 Å². The molecule has 0 aliphatic carbocycles. The van der Waals surface area contributed by atoms with E-state index in [1.54, 1.807) is 17.5 Å². The number of likely N-dealkylation sites (tertiary alicyclic amines) is 1. The van der Waals surface area contributed by atoms with Crippen molar-refractivity contribution in [2.45, 2.75) is 25.9 Å². The molecule has 144 valence electrons. The van der Waals surface area contributed by atoms with Crippen LogP contribution < -0.4 is 15.1 Å². The van der Waals surface area contributed by atoms with Crippen LogP contribution in [0.5, 0.6) is 11.8 Å². The van der Waals surface area contributed by atoms with Gasteiger partial charge < -0.3 is 19.6 Å². The highest BCUT2D eigenvalue weighted by atomic mass is 79.9. The number of carbonyl (C=O) groups is 1. The van der Waals surface area contributed by atoms with Crippen LogP contribution in [0.1, 0.15) is 23.3 Å². The topological polar surface area (TPSA) is 96.8 Å². The zero-order valence-electron chi connectivity index (χ0n) is 14.6. The summed E-state index contributed by atoms with van der Waals surface area (Å²) in [6, 6.07) is 3.97. The Balaban J connectivity index is 1.54. The van der Waals surface area contributed by atoms with Crippen LogP contribution in [0.25, 0.3) is 6.08 Å². The molecule has 1 fully saturated rings. The second kappa shape index (κ2) is 9.05. The van der Waals surface area contributed by atoms with E-state index in [1.165, 1.54) is 11.2 Å². The highest BCUT2D eigenvalue weighted by Gasteiger charge is 2.24. The lowest BCUT2D eigenvalue weighted by atomic mass is 10.1. The van der Waals surface area contributed by atoms with Crippen LogP contribution in [0.4, 0.5) is 4.79 Å². The molecular formula is C17H19BrN4O4S. The van der Waals surface area contributed by atoms with Crippen molar-refractivity contribution in [2.75, 3.05) is 13.1 Å². The summed E-state index contributed by atoms with van der Waals surface area (Å²) in [6.07, 6.45) is 5.24. The molecule has 2 aromatic rings. The fraction of sp³-hybridized carbons (Fsp3) is 0.353. The van der Waals surface area contributed by atoms with Gasteiger partial charge >= 0.3 is 6.09 Å². The summed E-state index contributed by atoms with van der Waals surface area (Å²) in [5, 5.41) is 9.01. The standard InChI is InChI=1S/C17H19BrN4O4S/c1-11-15(25-12-5-8-22(9-6-12)17(23)24)19-10-20-16(11)26-21-7-4-13-2-3-14(18)27-13/h2-4,7,10,12,21H,5-6,8-9H2,1H3,(H,23,24). The maximum Gasteiger partial charge on any atom is 0.407 e. The van der Waals surface area contributed by atoms with E-state index in [1.807, 2.05) is 25.1 Å². The van der Waals surface area contributed by atoms with Gasteiger partial charge in [0, 0.05) is 37.0 Å². The van der Waals surface area contributed by atoms with E-state index in [9.17, 15) is 4.79 Å². The summed E-state index contributed by atoms with van der Waals surface area (Å²) in [5.41, 5.74) is 3.42. The second-order valence-corrected chi connectivity index (χ2v) is 8.39. The molecule has 0 aromatic carbocycles. The smallest absolute Gasteiger partial charge is 0.407 e. The lowest BCUT2D eigenvalue weighted by Crippen LogP contribution is -2.41. The SMILES string of the molecule is Cc1c(ONC=Cc2ccc(Br)s2)ncnc1OC1CCN(C(=O)O)CC1. The lowest BCUT2D eigenvalue weighted by Gasteiger charge is -2.30. The number of amides is 1. The average molecular weight is 455 g/mol. The summed E-state index contributed by atoms with van der Waals surface area (Å²) in [7, 11) is 0. The maximum atomic E-state index is 11.0. The first kappa shape index (κ1) is 19.4. The van der Waals surface area contributed by atoms with Crippen LogP contribution in [0.3, 0.4) is 0 Å². The highest BCUT2D eigenvalue weighted by molar-refractivity contribution is 9.11. The largest absolute Gasteiger partial charge is 0.474 e. The Kier molecular flexibility index (Phi) is 6.51. The minimum atomic E-state index is -0.892. The van der Waals surface area contributed by atoms with Crippen molar-refractivity contribution in [3.63, 3.8) is 0 Å². The Morgan fingerprint density at radius 2 is 2.11 bits per heavy atom. The molecule has 27 heavy (non-hydrogen) atoms. The predicted octanol–water partition coefficient (Wildman–Crippen LogP) is 3.68. The molecule has 1 aliphatic rings. The third-order valence-electron chi connectivity index (χ3n) is 4.05. The molecule has 3 rings (SSSR count). The fourth-order valence-electron chi connectivity index (χ4n) is 2.59. The molecule has 1 saturated heterocycles. The number of nitrogens with one attached hydrogen (secondary N) is 1. The lowest BCUT2D eigenvalue weighted by molar-refractivity contribution is 0.0861. The number of thiophene rings is 1. The molecule has 3 heterocycles. The first-order valence-electron chi connectivity index (χ1n) is 8.33. The van der Waals surface area contributed by atoms with Gasteiger partial charge in [-0.2, -0.15) is 4.98 Å². The molecule has 1 amide bonds. The normalized spacial score (nSPS) is 15.1. The van der Waals surface area contributed by atoms with Crippen molar-refractivity contribution in [1.82, 2.24) is 20.3 Å². The number of aromatic nitrogens is 2. The van der Waals surface area contributed by atoms with Gasteiger partial charge in [0.25, 0.3) is 5.88 Å². The van der Waals surface area contributed by atoms with Gasteiger partial charge in [0.15, 0.2) is 0 Å². The van der Waals surface area contributed by atoms with E-state index in [4.69, 9.17) is 14.7 Å². The zero-order chi connectivity index (χ0) is 19.2. The van der Waals surface area contributed by atoms with Crippen LogP contribution in [-0.2, 0) is 0 Å². The third kappa shape index (κ3) is 5.33. The van der Waals surface area contributed by atoms with Gasteiger partial charge in [-0.05, 0) is 41.1 Å². The minimum Gasteiger partial charge on any atom is -0.474 e. The number of piperidine rings is 1. The molecule has 2 aromatic heterocycles. The average Bonchev–Trinajstić information content (AvgIpc) is 3.07. The summed E-state index contributed by atoms with van der Waals surface area (Å²) in [4.78, 5) is 27.2. The number of halogens is 1. The van der Waals surface area contributed by atoms with Crippen molar-refractivity contribution in [3.05, 3.63) is 38.9 Å². The van der Waals surface area contributed by atoms with Crippen LogP contribution in [0, 0.1) is 6.92 Å². The van der Waals surface area contributed by atoms with Crippen molar-refractivity contribution >= 4 is 39.4 Å². The van der Waals surface area contributed by atoms with E-state index in [2.05, 4.69) is 31.4 Å². The van der Waals surface area contributed by atoms with Crippen LogP contribution in [0.2, 0.25) is 0 Å². The summed E-state index contributed by atoms with van der Waals surface area (Å²) < 4.78 is 6.99. The number of nitrogens with zero attached hydrogens (tertiary/aromatic N) is 3. The molecule has 1 aliphatic heterocycles. The zero-order valence-corrected chi connectivity index (χ0v) is 17.0. The Morgan fingerprint density at radius 1 is 1.37 bits per heavy atom. The number of hydroxylamine groups is 1. The molecule has 2 N–H and O–H groups in total. The Labute approximate surface area is 168 Å². The maximum absolute atomic E-state index is 11.0. The Hall–Kier alpha value is -2.33. The number of ether oxygens (including phenoxy) is 1. The second-order valence-electron chi connectivity index (χ2n) is 5.89. The van der Waals surface area contributed by atoms with E-state index >= 15 is 0 Å². The van der Waals surface area contributed by atoms with Gasteiger partial charge in [-0.1, -0.05) is 0 Å². The molecule has 0 saturated carbocycles. The van der Waals surface area contributed by atoms with Crippen molar-refractivity contribution in [3.8, 4) is 11.8 Å². The van der Waals surface area contributed by atoms with Crippen molar-refractivity contribution in [2.24, 2.45) is 0 Å². The summed E-state index contributed by atoms with van der Waals surface area (Å²) in [6.45, 7) is 2.73. The minimum absolute atomic E-state index is 0.0767. The van der Waals surface area contributed by atoms with Gasteiger partial charge in [0.1, 0.15) is 12.4 Å².